The number of anilines is 3. The van der Waals surface area contributed by atoms with E-state index in [0.717, 1.165) is 11.3 Å². The Morgan fingerprint density at radius 1 is 1.11 bits per heavy atom. The highest BCUT2D eigenvalue weighted by Gasteiger charge is 2.12. The molecule has 3 N–H and O–H groups in total. The molecule has 0 aliphatic carbocycles. The van der Waals surface area contributed by atoms with Crippen molar-refractivity contribution in [2.45, 2.75) is 13.0 Å². The van der Waals surface area contributed by atoms with Crippen molar-refractivity contribution in [1.82, 2.24) is 15.0 Å². The van der Waals surface area contributed by atoms with Crippen molar-refractivity contribution in [1.29, 1.82) is 0 Å². The fourth-order valence-corrected chi connectivity index (χ4v) is 2.54. The zero-order chi connectivity index (χ0) is 19.9. The van der Waals surface area contributed by atoms with Crippen molar-refractivity contribution >= 4 is 17.5 Å². The first-order chi connectivity index (χ1) is 13.6. The fraction of sp³-hybridized carbons (Fsp3) is 0.250. The summed E-state index contributed by atoms with van der Waals surface area (Å²) >= 11 is 0. The first-order valence-corrected chi connectivity index (χ1v) is 8.79. The molecule has 0 unspecified atom stereocenters. The van der Waals surface area contributed by atoms with Gasteiger partial charge in [-0.05, 0) is 31.2 Å². The van der Waals surface area contributed by atoms with Gasteiger partial charge in [0.2, 0.25) is 5.95 Å². The van der Waals surface area contributed by atoms with E-state index in [1.165, 1.54) is 0 Å². The average molecular weight is 381 g/mol. The first kappa shape index (κ1) is 19.4. The van der Waals surface area contributed by atoms with Gasteiger partial charge in [-0.1, -0.05) is 0 Å². The molecule has 28 heavy (non-hydrogen) atoms. The molecule has 1 atom stereocenters. The molecule has 2 aromatic heterocycles. The molecule has 1 aromatic carbocycles. The highest BCUT2D eigenvalue weighted by molar-refractivity contribution is 5.70. The van der Waals surface area contributed by atoms with Crippen LogP contribution in [0.25, 0.3) is 11.3 Å². The Morgan fingerprint density at radius 2 is 1.96 bits per heavy atom. The van der Waals surface area contributed by atoms with Crippen molar-refractivity contribution in [3.05, 3.63) is 48.8 Å². The Labute approximate surface area is 163 Å². The average Bonchev–Trinajstić information content (AvgIpc) is 2.74. The van der Waals surface area contributed by atoms with E-state index in [4.69, 9.17) is 9.47 Å². The Kier molecular flexibility index (Phi) is 6.23. The van der Waals surface area contributed by atoms with E-state index in [2.05, 4.69) is 25.6 Å². The van der Waals surface area contributed by atoms with Gasteiger partial charge in [0, 0.05) is 36.1 Å². The lowest BCUT2D eigenvalue weighted by molar-refractivity contribution is 0.281. The van der Waals surface area contributed by atoms with E-state index in [0.29, 0.717) is 29.0 Å². The van der Waals surface area contributed by atoms with Crippen molar-refractivity contribution in [3.63, 3.8) is 0 Å². The van der Waals surface area contributed by atoms with Gasteiger partial charge in [-0.2, -0.15) is 4.98 Å². The molecule has 0 radical (unpaired) electrons. The van der Waals surface area contributed by atoms with Gasteiger partial charge in [-0.3, -0.25) is 4.98 Å². The second-order valence-electron chi connectivity index (χ2n) is 6.12. The molecule has 0 aliphatic rings. The van der Waals surface area contributed by atoms with Crippen LogP contribution in [0.3, 0.4) is 0 Å². The van der Waals surface area contributed by atoms with E-state index in [1.54, 1.807) is 32.7 Å². The van der Waals surface area contributed by atoms with Crippen LogP contribution < -0.4 is 20.1 Å². The summed E-state index contributed by atoms with van der Waals surface area (Å²) in [7, 11) is 3.20. The molecule has 3 rings (SSSR count). The molecule has 146 valence electrons. The Bertz CT molecular complexity index is 921. The van der Waals surface area contributed by atoms with Crippen LogP contribution >= 0.6 is 0 Å². The van der Waals surface area contributed by atoms with Crippen LogP contribution in [0.1, 0.15) is 6.92 Å². The minimum Gasteiger partial charge on any atom is -0.497 e. The van der Waals surface area contributed by atoms with Gasteiger partial charge in [0.05, 0.1) is 32.2 Å². The number of nitrogens with one attached hydrogen (secondary N) is 2. The van der Waals surface area contributed by atoms with Gasteiger partial charge in [-0.15, -0.1) is 0 Å². The summed E-state index contributed by atoms with van der Waals surface area (Å²) in [5.41, 5.74) is 2.29. The number of ether oxygens (including phenoxy) is 2. The van der Waals surface area contributed by atoms with E-state index < -0.39 is 0 Å². The number of benzene rings is 1. The minimum atomic E-state index is -0.187. The predicted molar refractivity (Wildman–Crippen MR) is 108 cm³/mol. The molecule has 0 saturated carbocycles. The third-order valence-electron chi connectivity index (χ3n) is 4.00. The number of aliphatic hydroxyl groups is 1. The number of hydrogen-bond acceptors (Lipinski definition) is 8. The molecule has 0 aliphatic heterocycles. The molecule has 0 fully saturated rings. The summed E-state index contributed by atoms with van der Waals surface area (Å²) in [6, 6.07) is 10.9. The van der Waals surface area contributed by atoms with Crippen LogP contribution in [0.15, 0.2) is 48.8 Å². The molecular weight excluding hydrogens is 358 g/mol. The van der Waals surface area contributed by atoms with Gasteiger partial charge < -0.3 is 25.2 Å². The minimum absolute atomic E-state index is 0.0322. The van der Waals surface area contributed by atoms with E-state index >= 15 is 0 Å². The molecule has 8 nitrogen and oxygen atoms in total. The molecule has 0 amide bonds. The predicted octanol–water partition coefficient (Wildman–Crippen LogP) is 3.09. The summed E-state index contributed by atoms with van der Waals surface area (Å²) in [5, 5.41) is 15.7. The van der Waals surface area contributed by atoms with Crippen molar-refractivity contribution in [2.75, 3.05) is 31.5 Å². The number of methoxy groups -OCH3 is 2. The van der Waals surface area contributed by atoms with E-state index in [1.807, 2.05) is 37.3 Å². The van der Waals surface area contributed by atoms with Crippen molar-refractivity contribution in [2.24, 2.45) is 0 Å². The van der Waals surface area contributed by atoms with E-state index in [-0.39, 0.29) is 12.6 Å². The van der Waals surface area contributed by atoms with Crippen LogP contribution in [0.4, 0.5) is 17.5 Å². The summed E-state index contributed by atoms with van der Waals surface area (Å²) in [6.45, 7) is 1.81. The second-order valence-corrected chi connectivity index (χ2v) is 6.12. The summed E-state index contributed by atoms with van der Waals surface area (Å²) < 4.78 is 10.7. The maximum absolute atomic E-state index is 9.33. The zero-order valence-corrected chi connectivity index (χ0v) is 16.0. The number of hydrogen-bond donors (Lipinski definition) is 3. The Hall–Kier alpha value is -3.39. The van der Waals surface area contributed by atoms with Gasteiger partial charge in [0.15, 0.2) is 0 Å². The maximum Gasteiger partial charge on any atom is 0.225 e. The van der Waals surface area contributed by atoms with Crippen LogP contribution in [0.2, 0.25) is 0 Å². The standard InChI is InChI=1S/C20H23N5O3/c1-13(12-26)22-20-24-17(14-5-4-8-21-11-14)10-19(25-20)23-16-7-6-15(27-2)9-18(16)28-3/h4-11,13,26H,12H2,1-3H3,(H2,22,23,24,25)/t13-/m1/s1. The molecule has 8 heteroatoms. The first-order valence-electron chi connectivity index (χ1n) is 8.79. The lowest BCUT2D eigenvalue weighted by Gasteiger charge is -2.15. The molecule has 0 spiro atoms. The quantitative estimate of drug-likeness (QED) is 0.547. The summed E-state index contributed by atoms with van der Waals surface area (Å²) in [6.07, 6.45) is 3.44. The maximum atomic E-state index is 9.33. The SMILES string of the molecule is COc1ccc(Nc2cc(-c3cccnc3)nc(N[C@H](C)CO)n2)c(OC)c1. The largest absolute Gasteiger partial charge is 0.497 e. The van der Waals surface area contributed by atoms with Crippen LogP contribution in [0, 0.1) is 0 Å². The third kappa shape index (κ3) is 4.66. The lowest BCUT2D eigenvalue weighted by Crippen LogP contribution is -2.21. The fourth-order valence-electron chi connectivity index (χ4n) is 2.54. The normalized spacial score (nSPS) is 11.6. The van der Waals surface area contributed by atoms with Crippen LogP contribution in [0.5, 0.6) is 11.5 Å². The van der Waals surface area contributed by atoms with E-state index in [9.17, 15) is 5.11 Å². The Balaban J connectivity index is 1.99. The van der Waals surface area contributed by atoms with Gasteiger partial charge in [0.25, 0.3) is 0 Å². The van der Waals surface area contributed by atoms with Gasteiger partial charge >= 0.3 is 0 Å². The number of nitrogens with zero attached hydrogens (tertiary/aromatic N) is 3. The number of aliphatic hydroxyl groups excluding tert-OH is 1. The van der Waals surface area contributed by atoms with Crippen LogP contribution in [-0.2, 0) is 0 Å². The van der Waals surface area contributed by atoms with Crippen LogP contribution in [-0.4, -0.2) is 46.9 Å². The van der Waals surface area contributed by atoms with Crippen molar-refractivity contribution in [3.8, 4) is 22.8 Å². The zero-order valence-electron chi connectivity index (χ0n) is 16.0. The smallest absolute Gasteiger partial charge is 0.225 e. The molecular formula is C20H23N5O3. The molecule has 2 heterocycles. The Morgan fingerprint density at radius 3 is 2.64 bits per heavy atom. The third-order valence-corrected chi connectivity index (χ3v) is 4.00. The summed E-state index contributed by atoms with van der Waals surface area (Å²) in [4.78, 5) is 13.2. The number of rotatable bonds is 8. The van der Waals surface area contributed by atoms with Crippen molar-refractivity contribution < 1.29 is 14.6 Å². The topological polar surface area (TPSA) is 101 Å². The van der Waals surface area contributed by atoms with Gasteiger partial charge in [0.1, 0.15) is 17.3 Å². The second kappa shape index (κ2) is 9.01. The highest BCUT2D eigenvalue weighted by atomic mass is 16.5. The molecule has 3 aromatic rings. The monoisotopic (exact) mass is 381 g/mol. The number of aromatic nitrogens is 3. The lowest BCUT2D eigenvalue weighted by atomic mass is 10.2. The molecule has 0 saturated heterocycles. The highest BCUT2D eigenvalue weighted by Crippen LogP contribution is 2.32. The number of pyridine rings is 1. The molecule has 0 bridgehead atoms. The summed E-state index contributed by atoms with van der Waals surface area (Å²) in [5.74, 6) is 2.29. The van der Waals surface area contributed by atoms with Gasteiger partial charge in [-0.25, -0.2) is 4.98 Å².